The molecule has 6 heavy (non-hydrogen) atoms. The number of rotatable bonds is 0. The zero-order chi connectivity index (χ0) is 4.24. The van der Waals surface area contributed by atoms with E-state index in [-0.39, 0.29) is 0 Å². The minimum absolute atomic E-state index is 2.50. The number of hydrogen-bond donors (Lipinski definition) is 6. The van der Waals surface area contributed by atoms with Crippen LogP contribution in [0.4, 0.5) is 0 Å². The molecule has 1 aliphatic heterocycles. The van der Waals surface area contributed by atoms with Gasteiger partial charge in [-0.25, -0.2) is 0 Å². The standard InChI is InChI=1S/H6N6/c1-2-4-6-5-3-1/h1-6H. The molecule has 6 N–H and O–H groups in total. The molecule has 0 aromatic heterocycles. The van der Waals surface area contributed by atoms with Crippen LogP contribution in [0.2, 0.25) is 0 Å². The van der Waals surface area contributed by atoms with Gasteiger partial charge in [0.1, 0.15) is 0 Å². The largest absolute Gasteiger partial charge is 0.164 e. The highest BCUT2D eigenvalue weighted by Gasteiger charge is 1.84. The van der Waals surface area contributed by atoms with Crippen LogP contribution in [0, 0.1) is 0 Å². The third kappa shape index (κ3) is 0.863. The monoisotopic (exact) mass is 90.1 g/mol. The third-order valence-corrected chi connectivity index (χ3v) is 0.375. The fraction of sp³-hybridized carbons (Fsp3) is 0. The molecule has 0 atom stereocenters. The maximum absolute atomic E-state index is 2.50. The van der Waals surface area contributed by atoms with Gasteiger partial charge >= 0.3 is 0 Å². The van der Waals surface area contributed by atoms with Gasteiger partial charge in [0, 0.05) is 0 Å². The molecular formula is H6N6. The first kappa shape index (κ1) is 3.93. The van der Waals surface area contributed by atoms with E-state index in [0.29, 0.717) is 0 Å². The van der Waals surface area contributed by atoms with E-state index in [0.717, 1.165) is 0 Å². The summed E-state index contributed by atoms with van der Waals surface area (Å²) in [5.74, 6) is 0. The summed E-state index contributed by atoms with van der Waals surface area (Å²) in [5.41, 5.74) is 15.0. The van der Waals surface area contributed by atoms with Crippen LogP contribution in [0.1, 0.15) is 0 Å². The Bertz CT molecular complexity index is 15.5. The van der Waals surface area contributed by atoms with Gasteiger partial charge in [0.25, 0.3) is 0 Å². The molecule has 0 spiro atoms. The Morgan fingerprint density at radius 2 is 0.500 bits per heavy atom. The van der Waals surface area contributed by atoms with E-state index >= 15 is 0 Å². The Morgan fingerprint density at radius 3 is 0.667 bits per heavy atom. The zero-order valence-electron chi connectivity index (χ0n) is 3.00. The third-order valence-electron chi connectivity index (χ3n) is 0.375. The number of hydrazine groups is 6. The van der Waals surface area contributed by atoms with Gasteiger partial charge in [0.05, 0.1) is 0 Å². The van der Waals surface area contributed by atoms with Gasteiger partial charge in [-0.1, -0.05) is 0 Å². The number of hydrogen-bond acceptors (Lipinski definition) is 6. The quantitative estimate of drug-likeness (QED) is 0.191. The van der Waals surface area contributed by atoms with Crippen molar-refractivity contribution in [2.24, 2.45) is 0 Å². The minimum atomic E-state index is 2.50. The van der Waals surface area contributed by atoms with Crippen LogP contribution >= 0.6 is 0 Å². The van der Waals surface area contributed by atoms with Crippen molar-refractivity contribution in [1.29, 1.82) is 0 Å². The molecular weight excluding hydrogens is 84.0 g/mol. The van der Waals surface area contributed by atoms with E-state index in [1.165, 1.54) is 0 Å². The molecule has 0 bridgehead atoms. The van der Waals surface area contributed by atoms with Gasteiger partial charge in [-0.05, 0) is 0 Å². The van der Waals surface area contributed by atoms with E-state index in [4.69, 9.17) is 0 Å². The van der Waals surface area contributed by atoms with E-state index in [9.17, 15) is 0 Å². The summed E-state index contributed by atoms with van der Waals surface area (Å²) < 4.78 is 0. The van der Waals surface area contributed by atoms with E-state index in [1.54, 1.807) is 0 Å². The van der Waals surface area contributed by atoms with Gasteiger partial charge in [0.15, 0.2) is 0 Å². The van der Waals surface area contributed by atoms with Crippen LogP contribution < -0.4 is 33.2 Å². The molecule has 0 saturated carbocycles. The molecule has 0 aromatic rings. The molecule has 1 saturated heterocycles. The molecule has 1 fully saturated rings. The first-order valence-corrected chi connectivity index (χ1v) is 1.50. The predicted molar refractivity (Wildman–Crippen MR) is 18.8 cm³/mol. The minimum Gasteiger partial charge on any atom is -0.164 e. The van der Waals surface area contributed by atoms with Crippen molar-refractivity contribution in [3.8, 4) is 0 Å². The Kier molecular flexibility index (Phi) is 1.33. The van der Waals surface area contributed by atoms with Crippen molar-refractivity contribution in [3.63, 3.8) is 0 Å². The van der Waals surface area contributed by atoms with E-state index in [1.807, 2.05) is 0 Å². The topological polar surface area (TPSA) is 72.2 Å². The zero-order valence-corrected chi connectivity index (χ0v) is 3.00. The number of nitrogens with one attached hydrogen (secondary N) is 6. The second-order valence-electron chi connectivity index (χ2n) is 0.750. The van der Waals surface area contributed by atoms with Gasteiger partial charge in [-0.3, -0.25) is 0 Å². The van der Waals surface area contributed by atoms with Crippen LogP contribution in [0.25, 0.3) is 0 Å². The normalized spacial score (nSPS) is 24.0. The SMILES string of the molecule is N1NNNNN1. The summed E-state index contributed by atoms with van der Waals surface area (Å²) in [4.78, 5) is 0. The smallest absolute Gasteiger partial charge is 0.164 e. The maximum atomic E-state index is 2.50. The molecule has 1 heterocycles. The molecule has 0 amide bonds. The lowest BCUT2D eigenvalue weighted by Gasteiger charge is -2.16. The molecule has 6 heteroatoms. The highest BCUT2D eigenvalue weighted by Crippen LogP contribution is 1.29. The lowest BCUT2D eigenvalue weighted by Crippen LogP contribution is -2.71. The second kappa shape index (κ2) is 2.03. The molecule has 1 aliphatic rings. The van der Waals surface area contributed by atoms with Crippen LogP contribution in [0.5, 0.6) is 0 Å². The lowest BCUT2D eigenvalue weighted by atomic mass is 12.0. The Balaban J connectivity index is 2.00. The summed E-state index contributed by atoms with van der Waals surface area (Å²) >= 11 is 0. The van der Waals surface area contributed by atoms with Crippen LogP contribution in [0.3, 0.4) is 0 Å². The van der Waals surface area contributed by atoms with Crippen molar-refractivity contribution in [2.75, 3.05) is 0 Å². The summed E-state index contributed by atoms with van der Waals surface area (Å²) in [6, 6.07) is 0. The molecule has 0 aliphatic carbocycles. The first-order chi connectivity index (χ1) is 3.00. The predicted octanol–water partition coefficient (Wildman–Crippen LogP) is -2.97. The fourth-order valence-corrected chi connectivity index (χ4v) is 0.188. The van der Waals surface area contributed by atoms with Crippen molar-refractivity contribution >= 4 is 0 Å². The first-order valence-electron chi connectivity index (χ1n) is 1.50. The van der Waals surface area contributed by atoms with Gasteiger partial charge in [-0.15, -0.1) is 0 Å². The molecule has 0 radical (unpaired) electrons. The summed E-state index contributed by atoms with van der Waals surface area (Å²) in [7, 11) is 0. The van der Waals surface area contributed by atoms with Crippen molar-refractivity contribution in [3.05, 3.63) is 0 Å². The van der Waals surface area contributed by atoms with Gasteiger partial charge in [-0.2, -0.15) is 33.2 Å². The van der Waals surface area contributed by atoms with Crippen molar-refractivity contribution < 1.29 is 0 Å². The molecule has 1 rings (SSSR count). The molecule has 0 aromatic carbocycles. The van der Waals surface area contributed by atoms with E-state index in [2.05, 4.69) is 33.2 Å². The fourth-order valence-electron chi connectivity index (χ4n) is 0.188. The van der Waals surface area contributed by atoms with Crippen molar-refractivity contribution in [2.45, 2.75) is 0 Å². The van der Waals surface area contributed by atoms with Crippen LogP contribution in [-0.4, -0.2) is 0 Å². The average molecular weight is 90.1 g/mol. The summed E-state index contributed by atoms with van der Waals surface area (Å²) in [6.07, 6.45) is 0. The Morgan fingerprint density at radius 1 is 0.333 bits per heavy atom. The van der Waals surface area contributed by atoms with Crippen LogP contribution in [0.15, 0.2) is 0 Å². The second-order valence-corrected chi connectivity index (χ2v) is 0.750. The molecule has 36 valence electrons. The average Bonchev–Trinajstić information content (AvgIpc) is 1.72. The molecule has 0 unspecified atom stereocenters. The van der Waals surface area contributed by atoms with Crippen LogP contribution in [-0.2, 0) is 0 Å². The van der Waals surface area contributed by atoms with E-state index < -0.39 is 0 Å². The highest BCUT2D eigenvalue weighted by molar-refractivity contribution is 4.18. The highest BCUT2D eigenvalue weighted by atomic mass is 16.0. The summed E-state index contributed by atoms with van der Waals surface area (Å²) in [6.45, 7) is 0. The van der Waals surface area contributed by atoms with Gasteiger partial charge < -0.3 is 0 Å². The summed E-state index contributed by atoms with van der Waals surface area (Å²) in [5, 5.41) is 0. The molecule has 6 nitrogen and oxygen atoms in total. The maximum Gasteiger partial charge on any atom is -0.164 e. The van der Waals surface area contributed by atoms with Gasteiger partial charge in [0.2, 0.25) is 0 Å². The Hall–Kier alpha value is -0.240. The van der Waals surface area contributed by atoms with Crippen molar-refractivity contribution in [1.82, 2.24) is 33.2 Å². The Labute approximate surface area is 34.5 Å². The lowest BCUT2D eigenvalue weighted by molar-refractivity contribution is 0.174.